The number of aromatic nitrogens is 2. The first-order valence-corrected chi connectivity index (χ1v) is 7.17. The normalized spacial score (nSPS) is 18.2. The summed E-state index contributed by atoms with van der Waals surface area (Å²) in [7, 11) is 1.96. The number of anilines is 1. The van der Waals surface area contributed by atoms with Crippen LogP contribution in [0.1, 0.15) is 30.1 Å². The number of aryl methyl sites for hydroxylation is 1. The van der Waals surface area contributed by atoms with Crippen molar-refractivity contribution in [3.05, 3.63) is 45.9 Å². The molecular formula is C14H15BrFN3. The van der Waals surface area contributed by atoms with E-state index in [-0.39, 0.29) is 11.9 Å². The van der Waals surface area contributed by atoms with Crippen molar-refractivity contribution in [2.75, 3.05) is 5.32 Å². The smallest absolute Gasteiger partial charge is 0.146 e. The third-order valence-electron chi connectivity index (χ3n) is 3.63. The van der Waals surface area contributed by atoms with Crippen molar-refractivity contribution in [3.63, 3.8) is 0 Å². The maximum absolute atomic E-state index is 13.8. The molecule has 1 atom stereocenters. The van der Waals surface area contributed by atoms with E-state index in [0.717, 1.165) is 23.7 Å². The zero-order valence-electron chi connectivity index (χ0n) is 10.7. The van der Waals surface area contributed by atoms with Gasteiger partial charge in [-0.3, -0.25) is 4.68 Å². The predicted octanol–water partition coefficient (Wildman–Crippen LogP) is 3.81. The van der Waals surface area contributed by atoms with Crippen LogP contribution in [-0.2, 0) is 13.5 Å². The first-order valence-electron chi connectivity index (χ1n) is 6.37. The Morgan fingerprint density at radius 1 is 1.47 bits per heavy atom. The van der Waals surface area contributed by atoms with E-state index in [1.807, 2.05) is 17.9 Å². The van der Waals surface area contributed by atoms with Gasteiger partial charge in [-0.1, -0.05) is 15.9 Å². The van der Waals surface area contributed by atoms with Crippen molar-refractivity contribution in [2.45, 2.75) is 25.3 Å². The van der Waals surface area contributed by atoms with Crippen molar-refractivity contribution < 1.29 is 4.39 Å². The molecule has 1 aliphatic rings. The maximum atomic E-state index is 13.8. The molecule has 1 unspecified atom stereocenters. The van der Waals surface area contributed by atoms with Crippen molar-refractivity contribution in [3.8, 4) is 0 Å². The molecule has 0 spiro atoms. The summed E-state index contributed by atoms with van der Waals surface area (Å²) < 4.78 is 16.6. The summed E-state index contributed by atoms with van der Waals surface area (Å²) >= 11 is 3.37. The van der Waals surface area contributed by atoms with Gasteiger partial charge in [-0.05, 0) is 37.5 Å². The second-order valence-corrected chi connectivity index (χ2v) is 5.80. The lowest BCUT2D eigenvalue weighted by Crippen LogP contribution is -2.18. The van der Waals surface area contributed by atoms with E-state index in [2.05, 4.69) is 26.3 Å². The van der Waals surface area contributed by atoms with Gasteiger partial charge < -0.3 is 5.32 Å². The third kappa shape index (κ3) is 2.39. The molecule has 1 aromatic carbocycles. The molecule has 0 fully saturated rings. The largest absolute Gasteiger partial charge is 0.376 e. The van der Waals surface area contributed by atoms with Crippen LogP contribution < -0.4 is 5.32 Å². The van der Waals surface area contributed by atoms with Crippen LogP contribution in [0.15, 0.2) is 28.9 Å². The summed E-state index contributed by atoms with van der Waals surface area (Å²) in [4.78, 5) is 0. The summed E-state index contributed by atoms with van der Waals surface area (Å²) in [6, 6.07) is 5.09. The zero-order valence-corrected chi connectivity index (χ0v) is 12.2. The lowest BCUT2D eigenvalue weighted by atomic mass is 9.93. The number of rotatable bonds is 2. The van der Waals surface area contributed by atoms with Gasteiger partial charge in [-0.25, -0.2) is 4.39 Å². The fourth-order valence-corrected chi connectivity index (χ4v) is 3.01. The fraction of sp³-hybridized carbons (Fsp3) is 0.357. The number of benzene rings is 1. The van der Waals surface area contributed by atoms with E-state index in [9.17, 15) is 4.39 Å². The summed E-state index contributed by atoms with van der Waals surface area (Å²) in [6.07, 6.45) is 5.04. The first-order chi connectivity index (χ1) is 9.15. The first kappa shape index (κ1) is 12.7. The quantitative estimate of drug-likeness (QED) is 0.910. The highest BCUT2D eigenvalue weighted by atomic mass is 79.9. The topological polar surface area (TPSA) is 29.9 Å². The van der Waals surface area contributed by atoms with E-state index in [0.29, 0.717) is 5.69 Å². The molecule has 0 aliphatic heterocycles. The molecule has 0 saturated carbocycles. The van der Waals surface area contributed by atoms with Gasteiger partial charge in [0.05, 0.1) is 17.9 Å². The molecule has 1 aliphatic carbocycles. The van der Waals surface area contributed by atoms with Gasteiger partial charge in [-0.15, -0.1) is 0 Å². The van der Waals surface area contributed by atoms with Gasteiger partial charge in [0.2, 0.25) is 0 Å². The Bertz CT molecular complexity index is 609. The third-order valence-corrected chi connectivity index (χ3v) is 4.13. The Labute approximate surface area is 119 Å². The molecule has 1 heterocycles. The van der Waals surface area contributed by atoms with Crippen LogP contribution in [0, 0.1) is 5.82 Å². The molecule has 0 saturated heterocycles. The summed E-state index contributed by atoms with van der Waals surface area (Å²) in [5.41, 5.74) is 2.98. The minimum atomic E-state index is -0.223. The van der Waals surface area contributed by atoms with Crippen LogP contribution in [-0.4, -0.2) is 9.78 Å². The van der Waals surface area contributed by atoms with Crippen LogP contribution in [0.2, 0.25) is 0 Å². The van der Waals surface area contributed by atoms with Gasteiger partial charge in [0.1, 0.15) is 5.82 Å². The fourth-order valence-electron chi connectivity index (χ4n) is 2.65. The van der Waals surface area contributed by atoms with Crippen LogP contribution in [0.3, 0.4) is 0 Å². The Kier molecular flexibility index (Phi) is 3.31. The number of halogens is 2. The van der Waals surface area contributed by atoms with Crippen molar-refractivity contribution in [1.29, 1.82) is 0 Å². The Morgan fingerprint density at radius 2 is 2.32 bits per heavy atom. The number of nitrogens with one attached hydrogen (secondary N) is 1. The molecule has 5 heteroatoms. The Balaban J connectivity index is 1.90. The SMILES string of the molecule is Cn1ncc2c1CCCC2Nc1cc(Br)ccc1F. The molecule has 100 valence electrons. The van der Waals surface area contributed by atoms with E-state index in [1.54, 1.807) is 12.1 Å². The average molecular weight is 324 g/mol. The van der Waals surface area contributed by atoms with E-state index >= 15 is 0 Å². The predicted molar refractivity (Wildman–Crippen MR) is 76.6 cm³/mol. The van der Waals surface area contributed by atoms with E-state index in [1.165, 1.54) is 17.3 Å². The highest BCUT2D eigenvalue weighted by molar-refractivity contribution is 9.10. The lowest BCUT2D eigenvalue weighted by molar-refractivity contribution is 0.564. The van der Waals surface area contributed by atoms with Gasteiger partial charge in [0.15, 0.2) is 0 Å². The summed E-state index contributed by atoms with van der Waals surface area (Å²) in [6.45, 7) is 0. The maximum Gasteiger partial charge on any atom is 0.146 e. The average Bonchev–Trinajstić information content (AvgIpc) is 2.77. The number of hydrogen-bond donors (Lipinski definition) is 1. The summed E-state index contributed by atoms with van der Waals surface area (Å²) in [5.74, 6) is -0.223. The van der Waals surface area contributed by atoms with Crippen LogP contribution in [0.5, 0.6) is 0 Å². The summed E-state index contributed by atoms with van der Waals surface area (Å²) in [5, 5.41) is 7.60. The van der Waals surface area contributed by atoms with E-state index in [4.69, 9.17) is 0 Å². The number of hydrogen-bond acceptors (Lipinski definition) is 2. The van der Waals surface area contributed by atoms with Crippen LogP contribution >= 0.6 is 15.9 Å². The van der Waals surface area contributed by atoms with Crippen molar-refractivity contribution >= 4 is 21.6 Å². The van der Waals surface area contributed by atoms with Crippen LogP contribution in [0.25, 0.3) is 0 Å². The van der Waals surface area contributed by atoms with Crippen LogP contribution in [0.4, 0.5) is 10.1 Å². The number of nitrogens with zero attached hydrogens (tertiary/aromatic N) is 2. The van der Waals surface area contributed by atoms with E-state index < -0.39 is 0 Å². The molecular weight excluding hydrogens is 309 g/mol. The van der Waals surface area contributed by atoms with Gasteiger partial charge in [0.25, 0.3) is 0 Å². The van der Waals surface area contributed by atoms with Crippen molar-refractivity contribution in [2.24, 2.45) is 7.05 Å². The van der Waals surface area contributed by atoms with Gasteiger partial charge >= 0.3 is 0 Å². The molecule has 19 heavy (non-hydrogen) atoms. The van der Waals surface area contributed by atoms with Gasteiger partial charge in [-0.2, -0.15) is 5.10 Å². The van der Waals surface area contributed by atoms with Crippen molar-refractivity contribution in [1.82, 2.24) is 9.78 Å². The molecule has 1 aromatic heterocycles. The molecule has 2 aromatic rings. The minimum Gasteiger partial charge on any atom is -0.376 e. The monoisotopic (exact) mass is 323 g/mol. The number of fused-ring (bicyclic) bond motifs is 1. The zero-order chi connectivity index (χ0) is 13.4. The highest BCUT2D eigenvalue weighted by Gasteiger charge is 2.23. The standard InChI is InChI=1S/C14H15BrFN3/c1-19-14-4-2-3-12(10(14)8-17-19)18-13-7-9(15)5-6-11(13)16/h5-8,12,18H,2-4H2,1H3. The molecule has 3 nitrogen and oxygen atoms in total. The second-order valence-electron chi connectivity index (χ2n) is 4.88. The Morgan fingerprint density at radius 3 is 3.16 bits per heavy atom. The molecule has 0 bridgehead atoms. The van der Waals surface area contributed by atoms with Gasteiger partial charge in [0, 0.05) is 22.8 Å². The molecule has 3 rings (SSSR count). The second kappa shape index (κ2) is 4.96. The highest BCUT2D eigenvalue weighted by Crippen LogP contribution is 2.33. The lowest BCUT2D eigenvalue weighted by Gasteiger charge is -2.25. The molecule has 0 amide bonds. The molecule has 1 N–H and O–H groups in total. The minimum absolute atomic E-state index is 0.140. The Hall–Kier alpha value is -1.36. The molecule has 0 radical (unpaired) electrons.